The number of carbonyl (C=O) groups is 1. The first kappa shape index (κ1) is 22.9. The molecule has 2 heterocycles. The molecule has 1 atom stereocenters. The largest absolute Gasteiger partial charge is 0.494 e. The fraction of sp³-hybridized carbons (Fsp3) is 0.320. The first-order valence-corrected chi connectivity index (χ1v) is 12.2. The van der Waals surface area contributed by atoms with Gasteiger partial charge in [-0.25, -0.2) is 4.68 Å². The molecule has 0 bridgehead atoms. The second-order valence-corrected chi connectivity index (χ2v) is 8.91. The van der Waals surface area contributed by atoms with Crippen LogP contribution in [-0.4, -0.2) is 33.0 Å². The first-order chi connectivity index (χ1) is 16.0. The van der Waals surface area contributed by atoms with Crippen LogP contribution in [0.15, 0.2) is 65.0 Å². The number of nitrogens with zero attached hydrogens (tertiary/aromatic N) is 3. The van der Waals surface area contributed by atoms with E-state index >= 15 is 0 Å². The average Bonchev–Trinajstić information content (AvgIpc) is 3.21. The molecule has 2 aromatic carbocycles. The lowest BCUT2D eigenvalue weighted by Gasteiger charge is -2.29. The van der Waals surface area contributed by atoms with E-state index in [0.29, 0.717) is 23.3 Å². The number of amides is 1. The molecule has 0 saturated heterocycles. The minimum absolute atomic E-state index is 0.169. The summed E-state index contributed by atoms with van der Waals surface area (Å²) in [5.74, 6) is 2.19. The van der Waals surface area contributed by atoms with Crippen LogP contribution in [0.1, 0.15) is 44.4 Å². The number of anilines is 2. The van der Waals surface area contributed by atoms with E-state index in [9.17, 15) is 4.79 Å². The van der Waals surface area contributed by atoms with E-state index < -0.39 is 6.04 Å². The molecule has 33 heavy (non-hydrogen) atoms. The lowest BCUT2D eigenvalue weighted by atomic mass is 9.95. The molecule has 1 aliphatic heterocycles. The van der Waals surface area contributed by atoms with Gasteiger partial charge in [0.1, 0.15) is 11.8 Å². The van der Waals surface area contributed by atoms with Crippen LogP contribution >= 0.6 is 11.8 Å². The van der Waals surface area contributed by atoms with Crippen molar-refractivity contribution in [3.8, 4) is 5.75 Å². The van der Waals surface area contributed by atoms with Crippen LogP contribution in [-0.2, 0) is 4.79 Å². The Bertz CT molecular complexity index is 1170. The number of fused-ring (bicyclic) bond motifs is 1. The molecular formula is C25H29N5O2S. The maximum atomic E-state index is 13.6. The van der Waals surface area contributed by atoms with E-state index in [4.69, 9.17) is 9.84 Å². The number of aromatic nitrogens is 3. The number of thioether (sulfide) groups is 1. The van der Waals surface area contributed by atoms with Gasteiger partial charge in [-0.1, -0.05) is 49.0 Å². The Hall–Kier alpha value is -3.26. The first-order valence-electron chi connectivity index (χ1n) is 11.2. The molecule has 0 saturated carbocycles. The van der Waals surface area contributed by atoms with E-state index in [1.807, 2.05) is 74.0 Å². The quantitative estimate of drug-likeness (QED) is 0.435. The summed E-state index contributed by atoms with van der Waals surface area (Å²) in [7, 11) is 0. The summed E-state index contributed by atoms with van der Waals surface area (Å²) in [6.45, 7) is 8.57. The van der Waals surface area contributed by atoms with E-state index in [1.165, 1.54) is 0 Å². The molecule has 3 aromatic rings. The zero-order chi connectivity index (χ0) is 23.4. The molecule has 172 valence electrons. The fourth-order valence-corrected chi connectivity index (χ4v) is 4.49. The number of ether oxygens (including phenoxy) is 1. The van der Waals surface area contributed by atoms with Crippen molar-refractivity contribution in [3.05, 3.63) is 70.9 Å². The number of nitrogens with one attached hydrogen (secondary N) is 2. The summed E-state index contributed by atoms with van der Waals surface area (Å²) in [5.41, 5.74) is 4.09. The summed E-state index contributed by atoms with van der Waals surface area (Å²) in [6.07, 6.45) is 1.03. The second-order valence-electron chi connectivity index (χ2n) is 7.85. The van der Waals surface area contributed by atoms with Gasteiger partial charge in [0.15, 0.2) is 0 Å². The third-order valence-corrected chi connectivity index (χ3v) is 6.46. The molecular weight excluding hydrogens is 434 g/mol. The van der Waals surface area contributed by atoms with Gasteiger partial charge in [0.25, 0.3) is 5.91 Å². The molecule has 7 nitrogen and oxygen atoms in total. The Morgan fingerprint density at radius 3 is 2.61 bits per heavy atom. The summed E-state index contributed by atoms with van der Waals surface area (Å²) >= 11 is 1.61. The molecule has 4 rings (SSSR count). The molecule has 0 aliphatic carbocycles. The van der Waals surface area contributed by atoms with Gasteiger partial charge in [-0.3, -0.25) is 4.79 Å². The molecule has 1 amide bonds. The number of carbonyl (C=O) groups excluding carboxylic acids is 1. The molecule has 0 spiro atoms. The minimum Gasteiger partial charge on any atom is -0.494 e. The standard InChI is InChI=1S/C25H29N5O2S/c1-5-15-33-25-28-24-26-17(4)21(23(31)27-20-10-8-7-9-16(20)3)22(30(24)29-25)18-11-13-19(14-12-18)32-6-2/h7-14,22H,5-6,15H2,1-4H3,(H,27,31)(H,26,28,29). The summed E-state index contributed by atoms with van der Waals surface area (Å²) in [4.78, 5) is 18.2. The molecule has 1 aromatic heterocycles. The van der Waals surface area contributed by atoms with E-state index in [1.54, 1.807) is 11.8 Å². The minimum atomic E-state index is -0.413. The van der Waals surface area contributed by atoms with Crippen molar-refractivity contribution in [3.63, 3.8) is 0 Å². The Balaban J connectivity index is 1.75. The van der Waals surface area contributed by atoms with Crippen molar-refractivity contribution in [2.75, 3.05) is 23.0 Å². The van der Waals surface area contributed by atoms with Gasteiger partial charge in [0.2, 0.25) is 11.1 Å². The van der Waals surface area contributed by atoms with Crippen LogP contribution < -0.4 is 15.4 Å². The zero-order valence-corrected chi connectivity index (χ0v) is 20.2. The van der Waals surface area contributed by atoms with Gasteiger partial charge in [-0.2, -0.15) is 4.98 Å². The van der Waals surface area contributed by atoms with Crippen LogP contribution in [0.4, 0.5) is 11.6 Å². The monoisotopic (exact) mass is 463 g/mol. The summed E-state index contributed by atoms with van der Waals surface area (Å²) in [6, 6.07) is 15.2. The normalized spacial score (nSPS) is 15.1. The number of rotatable bonds is 8. The lowest BCUT2D eigenvalue weighted by molar-refractivity contribution is -0.113. The van der Waals surface area contributed by atoms with Crippen LogP contribution in [0, 0.1) is 6.92 Å². The molecule has 1 aliphatic rings. The second kappa shape index (κ2) is 10.1. The van der Waals surface area contributed by atoms with E-state index in [0.717, 1.165) is 40.4 Å². The number of allylic oxidation sites excluding steroid dienone is 1. The van der Waals surface area contributed by atoms with Crippen molar-refractivity contribution in [2.45, 2.75) is 45.3 Å². The number of hydrogen-bond donors (Lipinski definition) is 2. The zero-order valence-electron chi connectivity index (χ0n) is 19.4. The van der Waals surface area contributed by atoms with Crippen molar-refractivity contribution in [1.82, 2.24) is 14.8 Å². The van der Waals surface area contributed by atoms with E-state index in [2.05, 4.69) is 22.5 Å². The van der Waals surface area contributed by atoms with Gasteiger partial charge in [-0.15, -0.1) is 5.10 Å². The van der Waals surface area contributed by atoms with Crippen molar-refractivity contribution in [1.29, 1.82) is 0 Å². The van der Waals surface area contributed by atoms with Gasteiger partial charge in [0, 0.05) is 17.1 Å². The third-order valence-electron chi connectivity index (χ3n) is 5.41. The maximum absolute atomic E-state index is 13.6. The van der Waals surface area contributed by atoms with Gasteiger partial charge in [-0.05, 0) is 56.5 Å². The molecule has 8 heteroatoms. The predicted octanol–water partition coefficient (Wildman–Crippen LogP) is 5.41. The Labute approximate surface area is 198 Å². The summed E-state index contributed by atoms with van der Waals surface area (Å²) < 4.78 is 7.42. The highest BCUT2D eigenvalue weighted by Gasteiger charge is 2.34. The third kappa shape index (κ3) is 4.90. The smallest absolute Gasteiger partial charge is 0.255 e. The Kier molecular flexibility index (Phi) is 7.03. The molecule has 0 radical (unpaired) electrons. The Morgan fingerprint density at radius 1 is 1.15 bits per heavy atom. The number of hydrogen-bond acceptors (Lipinski definition) is 6. The maximum Gasteiger partial charge on any atom is 0.255 e. The average molecular weight is 464 g/mol. The fourth-order valence-electron chi connectivity index (χ4n) is 3.80. The highest BCUT2D eigenvalue weighted by Crippen LogP contribution is 2.37. The van der Waals surface area contributed by atoms with Crippen LogP contribution in [0.5, 0.6) is 5.75 Å². The lowest BCUT2D eigenvalue weighted by Crippen LogP contribution is -2.31. The van der Waals surface area contributed by atoms with Gasteiger partial charge >= 0.3 is 0 Å². The number of aryl methyl sites for hydroxylation is 1. The predicted molar refractivity (Wildman–Crippen MR) is 133 cm³/mol. The topological polar surface area (TPSA) is 81.1 Å². The highest BCUT2D eigenvalue weighted by atomic mass is 32.2. The highest BCUT2D eigenvalue weighted by molar-refractivity contribution is 7.99. The Morgan fingerprint density at radius 2 is 1.91 bits per heavy atom. The molecule has 1 unspecified atom stereocenters. The van der Waals surface area contributed by atoms with Gasteiger partial charge in [0.05, 0.1) is 12.2 Å². The van der Waals surface area contributed by atoms with Crippen molar-refractivity contribution in [2.24, 2.45) is 0 Å². The van der Waals surface area contributed by atoms with Crippen LogP contribution in [0.25, 0.3) is 0 Å². The van der Waals surface area contributed by atoms with Gasteiger partial charge < -0.3 is 15.4 Å². The molecule has 2 N–H and O–H groups in total. The van der Waals surface area contributed by atoms with Crippen molar-refractivity contribution < 1.29 is 9.53 Å². The van der Waals surface area contributed by atoms with Crippen molar-refractivity contribution >= 4 is 29.3 Å². The van der Waals surface area contributed by atoms with Crippen LogP contribution in [0.2, 0.25) is 0 Å². The summed E-state index contributed by atoms with van der Waals surface area (Å²) in [5, 5.41) is 11.8. The van der Waals surface area contributed by atoms with E-state index in [-0.39, 0.29) is 5.91 Å². The van der Waals surface area contributed by atoms with Crippen LogP contribution in [0.3, 0.4) is 0 Å². The molecule has 0 fully saturated rings. The number of para-hydroxylation sites is 1. The SMILES string of the molecule is CCCSc1nc2n(n1)C(c1ccc(OCC)cc1)C(C(=O)Nc1ccccc1C)=C(C)N2. The number of benzene rings is 2.